The lowest BCUT2D eigenvalue weighted by molar-refractivity contribution is 0.405. The van der Waals surface area contributed by atoms with Gasteiger partial charge in [-0.25, -0.2) is 4.39 Å². The van der Waals surface area contributed by atoms with E-state index in [1.165, 1.54) is 12.1 Å². The number of nitrogens with one attached hydrogen (secondary N) is 1. The van der Waals surface area contributed by atoms with Crippen molar-refractivity contribution in [2.75, 3.05) is 14.2 Å². The average Bonchev–Trinajstić information content (AvgIpc) is 2.40. The average molecular weight is 294 g/mol. The van der Waals surface area contributed by atoms with Crippen molar-refractivity contribution in [1.29, 1.82) is 0 Å². The fraction of sp³-hybridized carbons (Fsp3) is 0.250. The number of rotatable bonds is 4. The lowest BCUT2D eigenvalue weighted by Gasteiger charge is -2.20. The summed E-state index contributed by atoms with van der Waals surface area (Å²) in [6.07, 6.45) is 0. The van der Waals surface area contributed by atoms with E-state index in [-0.39, 0.29) is 11.9 Å². The van der Waals surface area contributed by atoms with Crippen LogP contribution in [-0.2, 0) is 0 Å². The molecule has 20 heavy (non-hydrogen) atoms. The van der Waals surface area contributed by atoms with Crippen LogP contribution >= 0.6 is 11.6 Å². The standard InChI is InChI=1S/C16H17ClFNO/c1-10-6-11(8-13(18)7-10)16(19-2)14-5-4-12(17)9-15(14)20-3/h4-9,16,19H,1-3H3. The minimum Gasteiger partial charge on any atom is -0.496 e. The molecule has 4 heteroatoms. The maximum Gasteiger partial charge on any atom is 0.125 e. The fourth-order valence-electron chi connectivity index (χ4n) is 2.36. The molecule has 2 rings (SSSR count). The first-order valence-corrected chi connectivity index (χ1v) is 6.70. The van der Waals surface area contributed by atoms with Crippen LogP contribution in [0.5, 0.6) is 5.75 Å². The zero-order chi connectivity index (χ0) is 14.7. The molecule has 0 saturated heterocycles. The van der Waals surface area contributed by atoms with Crippen molar-refractivity contribution >= 4 is 11.6 Å². The van der Waals surface area contributed by atoms with E-state index in [1.807, 2.05) is 26.1 Å². The van der Waals surface area contributed by atoms with Gasteiger partial charge in [-0.2, -0.15) is 0 Å². The molecular weight excluding hydrogens is 277 g/mol. The molecule has 0 heterocycles. The highest BCUT2D eigenvalue weighted by molar-refractivity contribution is 6.30. The summed E-state index contributed by atoms with van der Waals surface area (Å²) < 4.78 is 19.0. The number of halogens is 2. The van der Waals surface area contributed by atoms with Crippen molar-refractivity contribution in [2.24, 2.45) is 0 Å². The molecule has 2 aromatic carbocycles. The Hall–Kier alpha value is -1.58. The molecule has 0 aliphatic heterocycles. The highest BCUT2D eigenvalue weighted by atomic mass is 35.5. The molecule has 1 unspecified atom stereocenters. The highest BCUT2D eigenvalue weighted by Gasteiger charge is 2.17. The number of methoxy groups -OCH3 is 1. The van der Waals surface area contributed by atoms with Gasteiger partial charge < -0.3 is 10.1 Å². The molecule has 1 N–H and O–H groups in total. The summed E-state index contributed by atoms with van der Waals surface area (Å²) in [6.45, 7) is 1.87. The van der Waals surface area contributed by atoms with Gasteiger partial charge in [0.15, 0.2) is 0 Å². The number of ether oxygens (including phenoxy) is 1. The van der Waals surface area contributed by atoms with E-state index in [2.05, 4.69) is 5.32 Å². The van der Waals surface area contributed by atoms with Gasteiger partial charge in [-0.3, -0.25) is 0 Å². The van der Waals surface area contributed by atoms with Crippen LogP contribution in [0.2, 0.25) is 5.02 Å². The quantitative estimate of drug-likeness (QED) is 0.916. The molecule has 2 nitrogen and oxygen atoms in total. The van der Waals surface area contributed by atoms with Crippen LogP contribution in [0.15, 0.2) is 36.4 Å². The Morgan fingerprint density at radius 2 is 1.95 bits per heavy atom. The maximum absolute atomic E-state index is 13.6. The number of aryl methyl sites for hydroxylation is 1. The highest BCUT2D eigenvalue weighted by Crippen LogP contribution is 2.32. The summed E-state index contributed by atoms with van der Waals surface area (Å²) in [5.41, 5.74) is 2.66. The molecule has 106 valence electrons. The monoisotopic (exact) mass is 293 g/mol. The SMILES string of the molecule is CNC(c1cc(C)cc(F)c1)c1ccc(Cl)cc1OC. The first-order valence-electron chi connectivity index (χ1n) is 6.33. The van der Waals surface area contributed by atoms with Crippen LogP contribution in [0, 0.1) is 12.7 Å². The van der Waals surface area contributed by atoms with Gasteiger partial charge in [0.1, 0.15) is 11.6 Å². The molecule has 0 aliphatic carbocycles. The summed E-state index contributed by atoms with van der Waals surface area (Å²) in [4.78, 5) is 0. The summed E-state index contributed by atoms with van der Waals surface area (Å²) in [5.74, 6) is 0.437. The normalized spacial score (nSPS) is 12.2. The molecule has 0 aromatic heterocycles. The van der Waals surface area contributed by atoms with E-state index in [1.54, 1.807) is 19.2 Å². The van der Waals surface area contributed by atoms with Crippen LogP contribution in [0.4, 0.5) is 4.39 Å². The topological polar surface area (TPSA) is 21.3 Å². The van der Waals surface area contributed by atoms with Crippen molar-refractivity contribution in [1.82, 2.24) is 5.32 Å². The maximum atomic E-state index is 13.6. The molecule has 0 aliphatic rings. The number of hydrogen-bond donors (Lipinski definition) is 1. The van der Waals surface area contributed by atoms with Crippen LogP contribution in [0.1, 0.15) is 22.7 Å². The van der Waals surface area contributed by atoms with Gasteiger partial charge >= 0.3 is 0 Å². The van der Waals surface area contributed by atoms with Gasteiger partial charge in [0.25, 0.3) is 0 Å². The van der Waals surface area contributed by atoms with E-state index >= 15 is 0 Å². The van der Waals surface area contributed by atoms with E-state index < -0.39 is 0 Å². The van der Waals surface area contributed by atoms with Crippen molar-refractivity contribution in [3.63, 3.8) is 0 Å². The second-order valence-corrected chi connectivity index (χ2v) is 5.11. The Kier molecular flexibility index (Phi) is 4.63. The first-order chi connectivity index (χ1) is 9.55. The molecule has 0 amide bonds. The fourth-order valence-corrected chi connectivity index (χ4v) is 2.52. The lowest BCUT2D eigenvalue weighted by Crippen LogP contribution is -2.18. The summed E-state index contributed by atoms with van der Waals surface area (Å²) in [6, 6.07) is 10.3. The molecular formula is C16H17ClFNO. The van der Waals surface area contributed by atoms with Gasteiger partial charge in [0.2, 0.25) is 0 Å². The summed E-state index contributed by atoms with van der Waals surface area (Å²) >= 11 is 5.98. The Morgan fingerprint density at radius 1 is 1.20 bits per heavy atom. The molecule has 0 spiro atoms. The largest absolute Gasteiger partial charge is 0.496 e. The summed E-state index contributed by atoms with van der Waals surface area (Å²) in [5, 5.41) is 3.80. The van der Waals surface area contributed by atoms with E-state index in [0.29, 0.717) is 10.8 Å². The Morgan fingerprint density at radius 3 is 2.55 bits per heavy atom. The predicted octanol–water partition coefficient (Wildman–Crippen LogP) is 4.10. The Bertz CT molecular complexity index is 595. The number of benzene rings is 2. The van der Waals surface area contributed by atoms with Crippen LogP contribution in [-0.4, -0.2) is 14.2 Å². The smallest absolute Gasteiger partial charge is 0.125 e. The van der Waals surface area contributed by atoms with Crippen molar-refractivity contribution < 1.29 is 9.13 Å². The molecule has 2 aromatic rings. The van der Waals surface area contributed by atoms with Crippen LogP contribution in [0.25, 0.3) is 0 Å². The first kappa shape index (κ1) is 14.8. The predicted molar refractivity (Wildman–Crippen MR) is 80.0 cm³/mol. The van der Waals surface area contributed by atoms with Gasteiger partial charge in [0.05, 0.1) is 13.2 Å². The van der Waals surface area contributed by atoms with Crippen molar-refractivity contribution in [3.05, 3.63) is 63.9 Å². The molecule has 0 saturated carbocycles. The van der Waals surface area contributed by atoms with Crippen LogP contribution < -0.4 is 10.1 Å². The van der Waals surface area contributed by atoms with E-state index in [4.69, 9.17) is 16.3 Å². The minimum absolute atomic E-state index is 0.156. The number of hydrogen-bond acceptors (Lipinski definition) is 2. The second-order valence-electron chi connectivity index (χ2n) is 4.67. The molecule has 1 atom stereocenters. The third-order valence-electron chi connectivity index (χ3n) is 3.19. The minimum atomic E-state index is -0.242. The third-order valence-corrected chi connectivity index (χ3v) is 3.43. The third kappa shape index (κ3) is 3.11. The van der Waals surface area contributed by atoms with Crippen molar-refractivity contribution in [3.8, 4) is 5.75 Å². The lowest BCUT2D eigenvalue weighted by atomic mass is 9.96. The molecule has 0 bridgehead atoms. The van der Waals surface area contributed by atoms with Gasteiger partial charge in [-0.05, 0) is 49.4 Å². The van der Waals surface area contributed by atoms with Crippen molar-refractivity contribution in [2.45, 2.75) is 13.0 Å². The Balaban J connectivity index is 2.52. The van der Waals surface area contributed by atoms with Crippen LogP contribution in [0.3, 0.4) is 0 Å². The van der Waals surface area contributed by atoms with E-state index in [0.717, 1.165) is 16.7 Å². The van der Waals surface area contributed by atoms with Gasteiger partial charge in [0, 0.05) is 10.6 Å². The van der Waals surface area contributed by atoms with E-state index in [9.17, 15) is 4.39 Å². The summed E-state index contributed by atoms with van der Waals surface area (Å²) in [7, 11) is 3.43. The Labute approximate surface area is 123 Å². The zero-order valence-electron chi connectivity index (χ0n) is 11.7. The van der Waals surface area contributed by atoms with Gasteiger partial charge in [-0.1, -0.05) is 23.7 Å². The van der Waals surface area contributed by atoms with Gasteiger partial charge in [-0.15, -0.1) is 0 Å². The zero-order valence-corrected chi connectivity index (χ0v) is 12.5. The molecule has 0 radical (unpaired) electrons. The molecule has 0 fully saturated rings. The second kappa shape index (κ2) is 6.25.